The van der Waals surface area contributed by atoms with Crippen LogP contribution >= 0.6 is 0 Å². The maximum atomic E-state index is 14.1. The van der Waals surface area contributed by atoms with E-state index >= 15 is 0 Å². The maximum absolute atomic E-state index is 14.1. The van der Waals surface area contributed by atoms with Crippen molar-refractivity contribution in [2.24, 2.45) is 5.92 Å². The van der Waals surface area contributed by atoms with Crippen molar-refractivity contribution in [2.75, 3.05) is 13.2 Å². The van der Waals surface area contributed by atoms with E-state index in [4.69, 9.17) is 4.74 Å². The van der Waals surface area contributed by atoms with E-state index in [0.29, 0.717) is 13.0 Å². The molecule has 0 unspecified atom stereocenters. The van der Waals surface area contributed by atoms with Gasteiger partial charge in [0.25, 0.3) is 5.91 Å². The van der Waals surface area contributed by atoms with Crippen molar-refractivity contribution in [1.29, 1.82) is 0 Å². The highest BCUT2D eigenvalue weighted by atomic mass is 19.1. The zero-order valence-electron chi connectivity index (χ0n) is 20.5. The Balaban J connectivity index is 1.92. The van der Waals surface area contributed by atoms with Gasteiger partial charge in [-0.1, -0.05) is 80.6 Å². The molecule has 35 heavy (non-hydrogen) atoms. The molecule has 5 nitrogen and oxygen atoms in total. The molecule has 0 saturated carbocycles. The summed E-state index contributed by atoms with van der Waals surface area (Å²) in [5.74, 6) is -0.893. The molecule has 1 atom stereocenters. The Hall–Kier alpha value is -3.67. The second kappa shape index (κ2) is 12.7. The van der Waals surface area contributed by atoms with Crippen LogP contribution in [0.5, 0.6) is 5.75 Å². The lowest BCUT2D eigenvalue weighted by molar-refractivity contribution is -0.142. The first-order chi connectivity index (χ1) is 16.8. The molecule has 3 aromatic carbocycles. The van der Waals surface area contributed by atoms with Gasteiger partial charge < -0.3 is 15.0 Å². The minimum atomic E-state index is -0.757. The van der Waals surface area contributed by atoms with Crippen molar-refractivity contribution in [3.63, 3.8) is 0 Å². The fraction of sp³-hybridized carbons (Fsp3) is 0.310. The predicted octanol–water partition coefficient (Wildman–Crippen LogP) is 4.93. The highest BCUT2D eigenvalue weighted by molar-refractivity contribution is 5.88. The van der Waals surface area contributed by atoms with Crippen molar-refractivity contribution in [3.8, 4) is 5.75 Å². The Morgan fingerprint density at radius 3 is 2.29 bits per heavy atom. The first-order valence-electron chi connectivity index (χ1n) is 11.9. The Labute approximate surface area is 206 Å². The van der Waals surface area contributed by atoms with Gasteiger partial charge in [0, 0.05) is 19.5 Å². The first-order valence-corrected chi connectivity index (χ1v) is 11.9. The van der Waals surface area contributed by atoms with Gasteiger partial charge in [-0.3, -0.25) is 9.59 Å². The molecule has 0 bridgehead atoms. The standard InChI is InChI=1S/C29H33FN2O3/c1-21(2)18-31-29(34)26(17-23-12-5-4-6-13-23)32(19-24-14-8-7-11-22(24)3)28(33)20-35-27-16-10-9-15-25(27)30/h4-16,21,26H,17-20H2,1-3H3,(H,31,34)/t26-/m0/s1. The van der Waals surface area contributed by atoms with Gasteiger partial charge in [0.15, 0.2) is 18.2 Å². The number of aryl methyl sites for hydroxylation is 1. The molecule has 0 aromatic heterocycles. The minimum absolute atomic E-state index is 0.000519. The number of nitrogens with one attached hydrogen (secondary N) is 1. The van der Waals surface area contributed by atoms with Crippen LogP contribution in [0.4, 0.5) is 4.39 Å². The summed E-state index contributed by atoms with van der Waals surface area (Å²) >= 11 is 0. The fourth-order valence-corrected chi connectivity index (χ4v) is 3.73. The molecule has 0 fully saturated rings. The second-order valence-electron chi connectivity index (χ2n) is 9.01. The lowest BCUT2D eigenvalue weighted by Gasteiger charge is -2.32. The van der Waals surface area contributed by atoms with Crippen LogP contribution in [-0.4, -0.2) is 35.9 Å². The molecule has 6 heteroatoms. The Morgan fingerprint density at radius 2 is 1.60 bits per heavy atom. The van der Waals surface area contributed by atoms with Crippen molar-refractivity contribution in [1.82, 2.24) is 10.2 Å². The molecule has 3 aromatic rings. The number of para-hydroxylation sites is 1. The van der Waals surface area contributed by atoms with Crippen LogP contribution in [0.15, 0.2) is 78.9 Å². The van der Waals surface area contributed by atoms with Crippen LogP contribution in [0.3, 0.4) is 0 Å². The van der Waals surface area contributed by atoms with Crippen LogP contribution in [-0.2, 0) is 22.6 Å². The third kappa shape index (κ3) is 7.67. The smallest absolute Gasteiger partial charge is 0.261 e. The van der Waals surface area contributed by atoms with Crippen LogP contribution in [0.1, 0.15) is 30.5 Å². The Kier molecular flexibility index (Phi) is 9.41. The summed E-state index contributed by atoms with van der Waals surface area (Å²) in [5.41, 5.74) is 2.89. The maximum Gasteiger partial charge on any atom is 0.261 e. The van der Waals surface area contributed by atoms with E-state index in [9.17, 15) is 14.0 Å². The minimum Gasteiger partial charge on any atom is -0.481 e. The summed E-state index contributed by atoms with van der Waals surface area (Å²) in [5, 5.41) is 2.99. The Bertz CT molecular complexity index is 1120. The number of carbonyl (C=O) groups is 2. The summed E-state index contributed by atoms with van der Waals surface area (Å²) in [6, 6.07) is 22.6. The van der Waals surface area contributed by atoms with Crippen molar-refractivity contribution >= 4 is 11.8 Å². The van der Waals surface area contributed by atoms with Crippen LogP contribution in [0, 0.1) is 18.7 Å². The molecule has 0 heterocycles. The van der Waals surface area contributed by atoms with E-state index in [1.165, 1.54) is 12.1 Å². The average molecular weight is 477 g/mol. The Morgan fingerprint density at radius 1 is 0.943 bits per heavy atom. The lowest BCUT2D eigenvalue weighted by atomic mass is 10.0. The van der Waals surface area contributed by atoms with Crippen molar-refractivity contribution < 1.29 is 18.7 Å². The highest BCUT2D eigenvalue weighted by Gasteiger charge is 2.31. The van der Waals surface area contributed by atoms with E-state index in [-0.39, 0.29) is 30.7 Å². The molecule has 2 amide bonds. The van der Waals surface area contributed by atoms with E-state index in [0.717, 1.165) is 16.7 Å². The van der Waals surface area contributed by atoms with Gasteiger partial charge in [-0.2, -0.15) is 0 Å². The molecule has 184 valence electrons. The number of halogens is 1. The summed E-state index contributed by atoms with van der Waals surface area (Å²) in [6.07, 6.45) is 0.349. The quantitative estimate of drug-likeness (QED) is 0.427. The molecule has 0 aliphatic carbocycles. The summed E-state index contributed by atoms with van der Waals surface area (Å²) in [7, 11) is 0. The number of ether oxygens (including phenoxy) is 1. The number of carbonyl (C=O) groups excluding carboxylic acids is 2. The topological polar surface area (TPSA) is 58.6 Å². The SMILES string of the molecule is Cc1ccccc1CN(C(=O)COc1ccccc1F)[C@@H](Cc1ccccc1)C(=O)NCC(C)C. The first kappa shape index (κ1) is 25.9. The number of rotatable bonds is 11. The van der Waals surface area contributed by atoms with E-state index in [2.05, 4.69) is 5.32 Å². The lowest BCUT2D eigenvalue weighted by Crippen LogP contribution is -2.52. The van der Waals surface area contributed by atoms with Crippen molar-refractivity contribution in [2.45, 2.75) is 39.8 Å². The number of hydrogen-bond acceptors (Lipinski definition) is 3. The molecule has 3 rings (SSSR count). The van der Waals surface area contributed by atoms with Gasteiger partial charge >= 0.3 is 0 Å². The average Bonchev–Trinajstić information content (AvgIpc) is 2.85. The number of hydrogen-bond donors (Lipinski definition) is 1. The third-order valence-electron chi connectivity index (χ3n) is 5.75. The largest absolute Gasteiger partial charge is 0.481 e. The molecule has 0 aliphatic heterocycles. The zero-order chi connectivity index (χ0) is 25.2. The highest BCUT2D eigenvalue weighted by Crippen LogP contribution is 2.19. The predicted molar refractivity (Wildman–Crippen MR) is 135 cm³/mol. The molecule has 1 N–H and O–H groups in total. The van der Waals surface area contributed by atoms with E-state index in [1.54, 1.807) is 17.0 Å². The molecular weight excluding hydrogens is 443 g/mol. The molecule has 0 saturated heterocycles. The van der Waals surface area contributed by atoms with Crippen LogP contribution in [0.25, 0.3) is 0 Å². The molecule has 0 spiro atoms. The van der Waals surface area contributed by atoms with E-state index < -0.39 is 17.8 Å². The number of amides is 2. The zero-order valence-corrected chi connectivity index (χ0v) is 20.5. The fourth-order valence-electron chi connectivity index (χ4n) is 3.73. The third-order valence-corrected chi connectivity index (χ3v) is 5.75. The summed E-state index contributed by atoms with van der Waals surface area (Å²) in [6.45, 7) is 6.37. The van der Waals surface area contributed by atoms with Crippen LogP contribution < -0.4 is 10.1 Å². The summed E-state index contributed by atoms with van der Waals surface area (Å²) < 4.78 is 19.6. The second-order valence-corrected chi connectivity index (χ2v) is 9.01. The van der Waals surface area contributed by atoms with Gasteiger partial charge in [0.05, 0.1) is 0 Å². The monoisotopic (exact) mass is 476 g/mol. The van der Waals surface area contributed by atoms with Gasteiger partial charge in [0.1, 0.15) is 6.04 Å². The van der Waals surface area contributed by atoms with Crippen molar-refractivity contribution in [3.05, 3.63) is 101 Å². The molecular formula is C29H33FN2O3. The molecule has 0 radical (unpaired) electrons. The molecule has 0 aliphatic rings. The number of nitrogens with zero attached hydrogens (tertiary/aromatic N) is 1. The summed E-state index contributed by atoms with van der Waals surface area (Å²) in [4.78, 5) is 28.5. The normalized spacial score (nSPS) is 11.7. The van der Waals surface area contributed by atoms with E-state index in [1.807, 2.05) is 75.4 Å². The van der Waals surface area contributed by atoms with Gasteiger partial charge in [-0.25, -0.2) is 4.39 Å². The van der Waals surface area contributed by atoms with Gasteiger partial charge in [-0.15, -0.1) is 0 Å². The van der Waals surface area contributed by atoms with Crippen LogP contribution in [0.2, 0.25) is 0 Å². The number of benzene rings is 3. The van der Waals surface area contributed by atoms with Gasteiger partial charge in [-0.05, 0) is 41.7 Å². The van der Waals surface area contributed by atoms with Gasteiger partial charge in [0.2, 0.25) is 5.91 Å².